The van der Waals surface area contributed by atoms with Gasteiger partial charge in [0.1, 0.15) is 0 Å². The molecule has 0 spiro atoms. The average Bonchev–Trinajstić information content (AvgIpc) is 3.07. The molecule has 0 aliphatic carbocycles. The van der Waals surface area contributed by atoms with E-state index in [0.717, 1.165) is 22.1 Å². The maximum atomic E-state index is 4.80. The van der Waals surface area contributed by atoms with Crippen molar-refractivity contribution in [2.24, 2.45) is 9.98 Å². The topological polar surface area (TPSA) is 24.7 Å². The first-order valence-electron chi connectivity index (χ1n) is 7.13. The van der Waals surface area contributed by atoms with Crippen LogP contribution >= 0.6 is 0 Å². The largest absolute Gasteiger partial charge is 0.247 e. The third-order valence-electron chi connectivity index (χ3n) is 4.36. The smallest absolute Gasteiger partial charge is 0.0767 e. The molecule has 0 N–H and O–H groups in total. The third-order valence-corrected chi connectivity index (χ3v) is 4.36. The Balaban J connectivity index is 2.03. The van der Waals surface area contributed by atoms with Gasteiger partial charge in [-0.05, 0) is 25.1 Å². The van der Waals surface area contributed by atoms with Gasteiger partial charge in [0, 0.05) is 27.1 Å². The SMILES string of the molecule is Cc1c2c(cc3c1=Nc1ccccc1-3)=c1ccccc1=N2. The Bertz CT molecular complexity index is 1140. The summed E-state index contributed by atoms with van der Waals surface area (Å²) in [5, 5.41) is 4.59. The van der Waals surface area contributed by atoms with Gasteiger partial charge >= 0.3 is 0 Å². The second-order valence-corrected chi connectivity index (χ2v) is 5.55. The summed E-state index contributed by atoms with van der Waals surface area (Å²) in [5.74, 6) is 0. The molecular formula is C19H12N2. The first kappa shape index (κ1) is 11.0. The van der Waals surface area contributed by atoms with Crippen LogP contribution in [-0.4, -0.2) is 0 Å². The van der Waals surface area contributed by atoms with E-state index in [1.807, 2.05) is 12.1 Å². The predicted octanol–water partition coefficient (Wildman–Crippen LogP) is 3.48. The van der Waals surface area contributed by atoms with Crippen LogP contribution in [0.4, 0.5) is 11.4 Å². The molecular weight excluding hydrogens is 256 g/mol. The zero-order chi connectivity index (χ0) is 14.0. The molecule has 0 radical (unpaired) electrons. The van der Waals surface area contributed by atoms with Crippen LogP contribution < -0.4 is 10.7 Å². The molecule has 3 aromatic carbocycles. The molecule has 2 nitrogen and oxygen atoms in total. The zero-order valence-corrected chi connectivity index (χ0v) is 11.6. The first-order chi connectivity index (χ1) is 10.3. The minimum atomic E-state index is 1.06. The van der Waals surface area contributed by atoms with Gasteiger partial charge in [0.15, 0.2) is 0 Å². The lowest BCUT2D eigenvalue weighted by molar-refractivity contribution is 1.27. The molecule has 0 bridgehead atoms. The zero-order valence-electron chi connectivity index (χ0n) is 11.6. The van der Waals surface area contributed by atoms with Crippen molar-refractivity contribution >= 4 is 11.4 Å². The van der Waals surface area contributed by atoms with Gasteiger partial charge in [0.05, 0.1) is 22.1 Å². The van der Waals surface area contributed by atoms with Crippen molar-refractivity contribution in [2.45, 2.75) is 6.92 Å². The second kappa shape index (κ2) is 3.67. The number of nitrogens with zero attached hydrogens (tertiary/aromatic N) is 2. The monoisotopic (exact) mass is 268 g/mol. The molecule has 2 heterocycles. The van der Waals surface area contributed by atoms with Gasteiger partial charge in [-0.2, -0.15) is 0 Å². The van der Waals surface area contributed by atoms with Gasteiger partial charge in [-0.1, -0.05) is 36.4 Å². The van der Waals surface area contributed by atoms with Crippen LogP contribution in [-0.2, 0) is 0 Å². The van der Waals surface area contributed by atoms with Crippen LogP contribution in [0.25, 0.3) is 11.1 Å². The van der Waals surface area contributed by atoms with Crippen molar-refractivity contribution in [1.82, 2.24) is 0 Å². The molecule has 2 aliphatic rings. The van der Waals surface area contributed by atoms with Crippen molar-refractivity contribution in [2.75, 3.05) is 0 Å². The van der Waals surface area contributed by atoms with E-state index in [1.54, 1.807) is 0 Å². The molecule has 21 heavy (non-hydrogen) atoms. The summed E-state index contributed by atoms with van der Waals surface area (Å²) in [4.78, 5) is 9.59. The molecule has 0 atom stereocenters. The van der Waals surface area contributed by atoms with Crippen LogP contribution in [0, 0.1) is 17.4 Å². The first-order valence-corrected chi connectivity index (χ1v) is 7.13. The van der Waals surface area contributed by atoms with Gasteiger partial charge in [-0.15, -0.1) is 0 Å². The number of benzene rings is 3. The standard InChI is InChI=1S/C19H12N2/c1-11-18-14(12-6-2-4-8-16(12)20-18)10-15-13-7-3-5-9-17(13)21-19(11)15/h2-10H,1H3. The number of para-hydroxylation sites is 2. The Hall–Kier alpha value is -2.74. The normalized spacial score (nSPS) is 12.8. The van der Waals surface area contributed by atoms with E-state index < -0.39 is 0 Å². The molecule has 2 aliphatic heterocycles. The number of rotatable bonds is 0. The Morgan fingerprint density at radius 1 is 0.762 bits per heavy atom. The van der Waals surface area contributed by atoms with E-state index in [2.05, 4.69) is 49.4 Å². The molecule has 5 rings (SSSR count). The van der Waals surface area contributed by atoms with E-state index in [-0.39, 0.29) is 0 Å². The molecule has 2 heteroatoms. The quantitative estimate of drug-likeness (QED) is 0.411. The number of hydrogen-bond acceptors (Lipinski definition) is 2. The molecule has 0 saturated heterocycles. The highest BCUT2D eigenvalue weighted by Crippen LogP contribution is 2.35. The van der Waals surface area contributed by atoms with Crippen molar-refractivity contribution in [3.8, 4) is 11.1 Å². The Labute approximate surface area is 121 Å². The fourth-order valence-electron chi connectivity index (χ4n) is 3.33. The lowest BCUT2D eigenvalue weighted by Crippen LogP contribution is -2.06. The van der Waals surface area contributed by atoms with E-state index in [0.29, 0.717) is 0 Å². The average molecular weight is 268 g/mol. The fraction of sp³-hybridized carbons (Fsp3) is 0.0526. The molecule has 0 saturated carbocycles. The fourth-order valence-corrected chi connectivity index (χ4v) is 3.33. The summed E-state index contributed by atoms with van der Waals surface area (Å²) in [6.07, 6.45) is 0. The van der Waals surface area contributed by atoms with Gasteiger partial charge < -0.3 is 0 Å². The summed E-state index contributed by atoms with van der Waals surface area (Å²) in [5.41, 5.74) is 5.77. The van der Waals surface area contributed by atoms with Gasteiger partial charge in [0.25, 0.3) is 0 Å². The molecule has 0 unspecified atom stereocenters. The van der Waals surface area contributed by atoms with Crippen molar-refractivity contribution in [1.29, 1.82) is 0 Å². The predicted molar refractivity (Wildman–Crippen MR) is 82.4 cm³/mol. The Morgan fingerprint density at radius 3 is 2.52 bits per heavy atom. The maximum absolute atomic E-state index is 4.80. The number of fused-ring (bicyclic) bond motifs is 5. The van der Waals surface area contributed by atoms with E-state index in [9.17, 15) is 0 Å². The molecule has 0 aromatic heterocycles. The summed E-state index contributed by atoms with van der Waals surface area (Å²) in [6, 6.07) is 18.9. The minimum Gasteiger partial charge on any atom is -0.247 e. The summed E-state index contributed by atoms with van der Waals surface area (Å²) in [6.45, 7) is 2.13. The highest BCUT2D eigenvalue weighted by Gasteiger charge is 2.18. The van der Waals surface area contributed by atoms with E-state index >= 15 is 0 Å². The number of hydrogen-bond donors (Lipinski definition) is 0. The highest BCUT2D eigenvalue weighted by molar-refractivity contribution is 5.81. The summed E-state index contributed by atoms with van der Waals surface area (Å²) >= 11 is 0. The Morgan fingerprint density at radius 2 is 1.57 bits per heavy atom. The van der Waals surface area contributed by atoms with Crippen LogP contribution in [0.2, 0.25) is 0 Å². The molecule has 0 fully saturated rings. The second-order valence-electron chi connectivity index (χ2n) is 5.55. The van der Waals surface area contributed by atoms with Crippen LogP contribution in [0.5, 0.6) is 0 Å². The van der Waals surface area contributed by atoms with Crippen molar-refractivity contribution < 1.29 is 0 Å². The molecule has 3 aromatic rings. The molecule has 0 amide bonds. The lowest BCUT2D eigenvalue weighted by atomic mass is 10.0. The summed E-state index contributed by atoms with van der Waals surface area (Å²) < 4.78 is 0. The van der Waals surface area contributed by atoms with Gasteiger partial charge in [-0.3, -0.25) is 0 Å². The lowest BCUT2D eigenvalue weighted by Gasteiger charge is -2.02. The highest BCUT2D eigenvalue weighted by atomic mass is 14.8. The maximum Gasteiger partial charge on any atom is 0.0767 e. The van der Waals surface area contributed by atoms with Gasteiger partial charge in [-0.25, -0.2) is 9.98 Å². The van der Waals surface area contributed by atoms with Crippen molar-refractivity contribution in [3.63, 3.8) is 0 Å². The Kier molecular flexibility index (Phi) is 1.92. The van der Waals surface area contributed by atoms with Crippen LogP contribution in [0.1, 0.15) is 5.56 Å². The van der Waals surface area contributed by atoms with E-state index in [1.165, 1.54) is 27.1 Å². The van der Waals surface area contributed by atoms with Crippen LogP contribution in [0.3, 0.4) is 0 Å². The van der Waals surface area contributed by atoms with E-state index in [4.69, 9.17) is 9.98 Å². The van der Waals surface area contributed by atoms with Crippen molar-refractivity contribution in [3.05, 3.63) is 81.3 Å². The third kappa shape index (κ3) is 1.32. The van der Waals surface area contributed by atoms with Crippen LogP contribution in [0.15, 0.2) is 64.6 Å². The van der Waals surface area contributed by atoms with Gasteiger partial charge in [0.2, 0.25) is 0 Å². The molecule has 98 valence electrons. The minimum absolute atomic E-state index is 1.06. The summed E-state index contributed by atoms with van der Waals surface area (Å²) in [7, 11) is 0.